The molecule has 0 bridgehead atoms. The minimum Gasteiger partial charge on any atom is -0.382 e. The highest BCUT2D eigenvalue weighted by molar-refractivity contribution is 5.81. The second-order valence-electron chi connectivity index (χ2n) is 3.41. The van der Waals surface area contributed by atoms with E-state index in [9.17, 15) is 0 Å². The Bertz CT molecular complexity index is 590. The van der Waals surface area contributed by atoms with Crippen LogP contribution in [0, 0.1) is 11.8 Å². The average molecular weight is 217 g/mol. The maximum atomic E-state index is 9.03. The van der Waals surface area contributed by atoms with E-state index >= 15 is 0 Å². The van der Waals surface area contributed by atoms with Gasteiger partial charge in [-0.25, -0.2) is 15.0 Å². The van der Waals surface area contributed by atoms with Gasteiger partial charge in [0.25, 0.3) is 0 Å². The van der Waals surface area contributed by atoms with E-state index in [4.69, 9.17) is 10.8 Å². The van der Waals surface area contributed by atoms with E-state index in [0.29, 0.717) is 17.0 Å². The molecule has 6 nitrogen and oxygen atoms in total. The Kier molecular flexibility index (Phi) is 2.46. The van der Waals surface area contributed by atoms with Gasteiger partial charge in [-0.3, -0.25) is 0 Å². The van der Waals surface area contributed by atoms with Crippen molar-refractivity contribution in [3.8, 4) is 11.8 Å². The second-order valence-corrected chi connectivity index (χ2v) is 3.41. The van der Waals surface area contributed by atoms with Crippen LogP contribution in [0.4, 0.5) is 5.82 Å². The van der Waals surface area contributed by atoms with Crippen LogP contribution in [0.1, 0.15) is 12.7 Å². The van der Waals surface area contributed by atoms with Crippen molar-refractivity contribution in [3.63, 3.8) is 0 Å². The van der Waals surface area contributed by atoms with Gasteiger partial charge in [0.2, 0.25) is 5.82 Å². The lowest BCUT2D eigenvalue weighted by molar-refractivity contribution is 0.253. The molecule has 0 aliphatic carbocycles. The van der Waals surface area contributed by atoms with E-state index in [2.05, 4.69) is 26.8 Å². The van der Waals surface area contributed by atoms with Crippen LogP contribution in [0.5, 0.6) is 0 Å². The Morgan fingerprint density at radius 3 is 2.94 bits per heavy atom. The number of imidazole rings is 1. The molecule has 0 aliphatic heterocycles. The Morgan fingerprint density at radius 2 is 2.25 bits per heavy atom. The Balaban J connectivity index is 2.58. The maximum Gasteiger partial charge on any atom is 0.209 e. The van der Waals surface area contributed by atoms with E-state index in [0.717, 1.165) is 0 Å². The zero-order chi connectivity index (χ0) is 11.7. The summed E-state index contributed by atoms with van der Waals surface area (Å²) in [7, 11) is 1.81. The normalized spacial score (nSPS) is 12.2. The third-order valence-corrected chi connectivity index (χ3v) is 1.98. The van der Waals surface area contributed by atoms with Gasteiger partial charge in [-0.05, 0) is 12.8 Å². The first-order valence-corrected chi connectivity index (χ1v) is 4.72. The summed E-state index contributed by atoms with van der Waals surface area (Å²) >= 11 is 0. The molecule has 16 heavy (non-hydrogen) atoms. The molecule has 0 amide bonds. The molecule has 0 fully saturated rings. The highest BCUT2D eigenvalue weighted by Crippen LogP contribution is 2.14. The molecular formula is C10H11N5O. The highest BCUT2D eigenvalue weighted by Gasteiger charge is 2.07. The fourth-order valence-corrected chi connectivity index (χ4v) is 1.25. The Labute approximate surface area is 92.1 Å². The largest absolute Gasteiger partial charge is 0.382 e. The summed E-state index contributed by atoms with van der Waals surface area (Å²) in [6.45, 7) is 1.57. The van der Waals surface area contributed by atoms with Crippen molar-refractivity contribution in [2.75, 3.05) is 5.73 Å². The van der Waals surface area contributed by atoms with Crippen LogP contribution in [0.15, 0.2) is 6.33 Å². The first-order chi connectivity index (χ1) is 7.58. The van der Waals surface area contributed by atoms with Gasteiger partial charge < -0.3 is 15.4 Å². The number of rotatable bonds is 0. The number of nitrogens with zero attached hydrogens (tertiary/aromatic N) is 4. The summed E-state index contributed by atoms with van der Waals surface area (Å²) in [6, 6.07) is 0. The number of hydrogen-bond acceptors (Lipinski definition) is 5. The summed E-state index contributed by atoms with van der Waals surface area (Å²) in [6.07, 6.45) is 0.897. The molecule has 0 saturated heterocycles. The molecule has 0 aromatic carbocycles. The first-order valence-electron chi connectivity index (χ1n) is 4.72. The molecule has 2 aromatic rings. The molecule has 6 heteroatoms. The minimum absolute atomic E-state index is 0.287. The smallest absolute Gasteiger partial charge is 0.209 e. The van der Waals surface area contributed by atoms with Gasteiger partial charge in [0, 0.05) is 7.05 Å². The van der Waals surface area contributed by atoms with Gasteiger partial charge in [-0.1, -0.05) is 5.92 Å². The zero-order valence-electron chi connectivity index (χ0n) is 8.97. The number of nitrogens with two attached hydrogens (primary N) is 1. The highest BCUT2D eigenvalue weighted by atomic mass is 16.3. The molecule has 1 atom stereocenters. The predicted molar refractivity (Wildman–Crippen MR) is 59.3 cm³/mol. The molecule has 0 radical (unpaired) electrons. The third kappa shape index (κ3) is 1.81. The summed E-state index contributed by atoms with van der Waals surface area (Å²) in [5.74, 6) is 5.79. The standard InChI is InChI=1S/C10H11N5O/c1-6(16)3-4-7-13-9(11)8-10(14-7)15(2)5-12-8/h5-6,16H,1-2H3,(H2,11,13,14). The van der Waals surface area contributed by atoms with Crippen LogP contribution in [0.3, 0.4) is 0 Å². The summed E-state index contributed by atoms with van der Waals surface area (Å²) in [5, 5.41) is 9.03. The van der Waals surface area contributed by atoms with E-state index in [1.54, 1.807) is 17.8 Å². The number of aryl methyl sites for hydroxylation is 1. The topological polar surface area (TPSA) is 89.9 Å². The van der Waals surface area contributed by atoms with E-state index in [1.165, 1.54) is 0 Å². The molecule has 0 saturated carbocycles. The van der Waals surface area contributed by atoms with Gasteiger partial charge in [-0.15, -0.1) is 0 Å². The molecule has 3 N–H and O–H groups in total. The van der Waals surface area contributed by atoms with Crippen LogP contribution in [-0.2, 0) is 7.05 Å². The van der Waals surface area contributed by atoms with E-state index in [1.807, 2.05) is 7.05 Å². The Morgan fingerprint density at radius 1 is 1.50 bits per heavy atom. The van der Waals surface area contributed by atoms with Crippen LogP contribution in [0.25, 0.3) is 11.2 Å². The lowest BCUT2D eigenvalue weighted by Crippen LogP contribution is -2.00. The number of aliphatic hydroxyl groups excluding tert-OH is 1. The third-order valence-electron chi connectivity index (χ3n) is 1.98. The van der Waals surface area contributed by atoms with Crippen molar-refractivity contribution in [2.45, 2.75) is 13.0 Å². The average Bonchev–Trinajstić information content (AvgIpc) is 2.58. The SMILES string of the molecule is CC(O)C#Cc1nc(N)c2ncn(C)c2n1. The van der Waals surface area contributed by atoms with Gasteiger partial charge in [0.05, 0.1) is 6.33 Å². The van der Waals surface area contributed by atoms with Crippen LogP contribution < -0.4 is 5.73 Å². The molecule has 0 aliphatic rings. The van der Waals surface area contributed by atoms with Crippen molar-refractivity contribution >= 4 is 17.0 Å². The predicted octanol–water partition coefficient (Wildman–Crippen LogP) is -0.322. The van der Waals surface area contributed by atoms with Crippen molar-refractivity contribution in [2.24, 2.45) is 7.05 Å². The van der Waals surface area contributed by atoms with Gasteiger partial charge in [0.1, 0.15) is 11.6 Å². The van der Waals surface area contributed by atoms with Crippen LogP contribution in [0.2, 0.25) is 0 Å². The summed E-state index contributed by atoms with van der Waals surface area (Å²) in [4.78, 5) is 12.3. The fourth-order valence-electron chi connectivity index (χ4n) is 1.25. The van der Waals surface area contributed by atoms with Crippen LogP contribution >= 0.6 is 0 Å². The maximum absolute atomic E-state index is 9.03. The summed E-state index contributed by atoms with van der Waals surface area (Å²) in [5.41, 5.74) is 6.91. The number of nitrogen functional groups attached to an aromatic ring is 1. The molecule has 2 heterocycles. The molecule has 82 valence electrons. The quantitative estimate of drug-likeness (QED) is 0.590. The lowest BCUT2D eigenvalue weighted by atomic mass is 10.4. The number of anilines is 1. The zero-order valence-corrected chi connectivity index (χ0v) is 8.97. The Hall–Kier alpha value is -2.13. The van der Waals surface area contributed by atoms with Gasteiger partial charge >= 0.3 is 0 Å². The molecular weight excluding hydrogens is 206 g/mol. The second kappa shape index (κ2) is 3.79. The van der Waals surface area contributed by atoms with Gasteiger partial charge in [-0.2, -0.15) is 0 Å². The van der Waals surface area contributed by atoms with Crippen molar-refractivity contribution in [3.05, 3.63) is 12.2 Å². The van der Waals surface area contributed by atoms with Crippen molar-refractivity contribution < 1.29 is 5.11 Å². The number of aliphatic hydroxyl groups is 1. The molecule has 2 rings (SSSR count). The van der Waals surface area contributed by atoms with E-state index < -0.39 is 6.10 Å². The number of fused-ring (bicyclic) bond motifs is 1. The summed E-state index contributed by atoms with van der Waals surface area (Å²) < 4.78 is 1.74. The minimum atomic E-state index is -0.716. The monoisotopic (exact) mass is 217 g/mol. The molecule has 2 aromatic heterocycles. The van der Waals surface area contributed by atoms with Crippen LogP contribution in [-0.4, -0.2) is 30.7 Å². The lowest BCUT2D eigenvalue weighted by Gasteiger charge is -1.97. The van der Waals surface area contributed by atoms with Gasteiger partial charge in [0.15, 0.2) is 11.5 Å². The molecule has 0 spiro atoms. The number of hydrogen-bond donors (Lipinski definition) is 2. The van der Waals surface area contributed by atoms with E-state index in [-0.39, 0.29) is 5.82 Å². The van der Waals surface area contributed by atoms with Crippen molar-refractivity contribution in [1.29, 1.82) is 0 Å². The number of aromatic nitrogens is 4. The fraction of sp³-hybridized carbons (Fsp3) is 0.300. The van der Waals surface area contributed by atoms with Crippen molar-refractivity contribution in [1.82, 2.24) is 19.5 Å². The first kappa shape index (κ1) is 10.4. The molecule has 1 unspecified atom stereocenters.